The molecule has 0 unspecified atom stereocenters. The molecule has 0 aliphatic heterocycles. The number of amides is 1. The predicted molar refractivity (Wildman–Crippen MR) is 89.8 cm³/mol. The molecule has 0 aliphatic carbocycles. The van der Waals surface area contributed by atoms with Crippen molar-refractivity contribution in [3.05, 3.63) is 34.8 Å². The molecule has 110 valence electrons. The van der Waals surface area contributed by atoms with Gasteiger partial charge in [-0.1, -0.05) is 0 Å². The van der Waals surface area contributed by atoms with E-state index >= 15 is 0 Å². The van der Waals surface area contributed by atoms with Gasteiger partial charge in [0.25, 0.3) is 5.91 Å². The molecule has 0 atom stereocenters. The fourth-order valence-electron chi connectivity index (χ4n) is 2.16. The quantitative estimate of drug-likeness (QED) is 0.767. The number of nitrogen functional groups attached to an aromatic ring is 1. The first-order valence-corrected chi connectivity index (χ1v) is 8.17. The van der Waals surface area contributed by atoms with Gasteiger partial charge in [-0.05, 0) is 24.6 Å². The number of pyridine rings is 1. The maximum atomic E-state index is 11.5. The van der Waals surface area contributed by atoms with E-state index in [0.717, 1.165) is 31.1 Å². The topological polar surface area (TPSA) is 106 Å². The number of rotatable bonds is 4. The maximum Gasteiger partial charge on any atom is 0.251 e. The fourth-order valence-corrected chi connectivity index (χ4v) is 4.43. The molecule has 1 amide bonds. The number of nitrogens with zero attached hydrogens (tertiary/aromatic N) is 2. The molecular weight excluding hydrogens is 316 g/mol. The van der Waals surface area contributed by atoms with Crippen molar-refractivity contribution in [2.75, 3.05) is 5.73 Å². The lowest BCUT2D eigenvalue weighted by atomic mass is 10.2. The number of thiophene rings is 2. The number of nitrogens with two attached hydrogens (primary N) is 2. The highest BCUT2D eigenvalue weighted by molar-refractivity contribution is 7.26. The minimum Gasteiger partial charge on any atom is -0.383 e. The second-order valence-corrected chi connectivity index (χ2v) is 6.92. The fraction of sp³-hybridized carbons (Fsp3) is 0.133. The minimum atomic E-state index is -0.508. The SMILES string of the molecule is N#CCCc1ccc(-c2cc3c(N)ncc(C(N)=O)c3s2)s1. The van der Waals surface area contributed by atoms with Gasteiger partial charge >= 0.3 is 0 Å². The summed E-state index contributed by atoms with van der Waals surface area (Å²) in [6, 6.07) is 8.14. The molecule has 0 saturated heterocycles. The number of carbonyl (C=O) groups excluding carboxylic acids is 1. The highest BCUT2D eigenvalue weighted by Gasteiger charge is 2.15. The van der Waals surface area contributed by atoms with Gasteiger partial charge in [-0.25, -0.2) is 4.98 Å². The molecule has 0 aliphatic rings. The smallest absolute Gasteiger partial charge is 0.251 e. The number of fused-ring (bicyclic) bond motifs is 1. The summed E-state index contributed by atoms with van der Waals surface area (Å²) in [7, 11) is 0. The van der Waals surface area contributed by atoms with Gasteiger partial charge in [0.15, 0.2) is 0 Å². The van der Waals surface area contributed by atoms with Crippen molar-refractivity contribution in [1.29, 1.82) is 5.26 Å². The summed E-state index contributed by atoms with van der Waals surface area (Å²) in [5.41, 5.74) is 11.7. The number of aromatic nitrogens is 1. The van der Waals surface area contributed by atoms with E-state index in [0.29, 0.717) is 17.8 Å². The molecule has 7 heteroatoms. The van der Waals surface area contributed by atoms with Crippen molar-refractivity contribution < 1.29 is 4.79 Å². The molecule has 22 heavy (non-hydrogen) atoms. The summed E-state index contributed by atoms with van der Waals surface area (Å²) in [5.74, 6) is -0.115. The molecule has 0 saturated carbocycles. The van der Waals surface area contributed by atoms with Crippen LogP contribution < -0.4 is 11.5 Å². The van der Waals surface area contributed by atoms with Crippen LogP contribution in [0.15, 0.2) is 24.4 Å². The zero-order valence-corrected chi connectivity index (χ0v) is 13.1. The van der Waals surface area contributed by atoms with Gasteiger partial charge in [0.1, 0.15) is 5.82 Å². The Morgan fingerprint density at radius 3 is 2.86 bits per heavy atom. The maximum absolute atomic E-state index is 11.5. The van der Waals surface area contributed by atoms with E-state index < -0.39 is 5.91 Å². The van der Waals surface area contributed by atoms with Gasteiger partial charge in [-0.3, -0.25) is 4.79 Å². The molecular formula is C15H12N4OS2. The van der Waals surface area contributed by atoms with Crippen LogP contribution >= 0.6 is 22.7 Å². The van der Waals surface area contributed by atoms with Crippen LogP contribution in [0.3, 0.4) is 0 Å². The number of primary amides is 1. The Hall–Kier alpha value is -2.43. The second kappa shape index (κ2) is 5.75. The van der Waals surface area contributed by atoms with E-state index in [2.05, 4.69) is 11.1 Å². The number of aryl methyl sites for hydroxylation is 1. The normalized spacial score (nSPS) is 10.7. The molecule has 4 N–H and O–H groups in total. The van der Waals surface area contributed by atoms with E-state index in [-0.39, 0.29) is 0 Å². The van der Waals surface area contributed by atoms with Crippen molar-refractivity contribution in [3.63, 3.8) is 0 Å². The van der Waals surface area contributed by atoms with Crippen LogP contribution in [-0.4, -0.2) is 10.9 Å². The Kier molecular flexibility index (Phi) is 3.79. The Bertz CT molecular complexity index is 904. The van der Waals surface area contributed by atoms with Gasteiger partial charge in [-0.15, -0.1) is 22.7 Å². The number of carbonyl (C=O) groups is 1. The van der Waals surface area contributed by atoms with E-state index in [9.17, 15) is 4.79 Å². The van der Waals surface area contributed by atoms with Crippen LogP contribution in [0, 0.1) is 11.3 Å². The van der Waals surface area contributed by atoms with Crippen LogP contribution in [0.2, 0.25) is 0 Å². The average Bonchev–Trinajstić information content (AvgIpc) is 3.12. The Morgan fingerprint density at radius 1 is 1.32 bits per heavy atom. The molecule has 0 bridgehead atoms. The Morgan fingerprint density at radius 2 is 2.14 bits per heavy atom. The first-order chi connectivity index (χ1) is 10.6. The van der Waals surface area contributed by atoms with E-state index in [1.807, 2.05) is 18.2 Å². The summed E-state index contributed by atoms with van der Waals surface area (Å²) < 4.78 is 0.766. The van der Waals surface area contributed by atoms with Crippen LogP contribution in [0.1, 0.15) is 21.7 Å². The van der Waals surface area contributed by atoms with Gasteiger partial charge < -0.3 is 11.5 Å². The van der Waals surface area contributed by atoms with E-state index in [1.54, 1.807) is 11.3 Å². The summed E-state index contributed by atoms with van der Waals surface area (Å²) in [4.78, 5) is 18.8. The van der Waals surface area contributed by atoms with Gasteiger partial charge in [-0.2, -0.15) is 5.26 Å². The van der Waals surface area contributed by atoms with Crippen LogP contribution in [-0.2, 0) is 6.42 Å². The first-order valence-electron chi connectivity index (χ1n) is 6.54. The number of nitriles is 1. The molecule has 0 aromatic carbocycles. The Labute approximate surface area is 134 Å². The van der Waals surface area contributed by atoms with Crippen LogP contribution in [0.5, 0.6) is 0 Å². The summed E-state index contributed by atoms with van der Waals surface area (Å²) in [5, 5.41) is 9.40. The molecule has 3 aromatic rings. The summed E-state index contributed by atoms with van der Waals surface area (Å²) in [6.45, 7) is 0. The molecule has 0 fully saturated rings. The van der Waals surface area contributed by atoms with Crippen molar-refractivity contribution in [2.24, 2.45) is 5.73 Å². The average molecular weight is 328 g/mol. The largest absolute Gasteiger partial charge is 0.383 e. The minimum absolute atomic E-state index is 0.390. The molecule has 0 radical (unpaired) electrons. The van der Waals surface area contributed by atoms with Gasteiger partial charge in [0, 0.05) is 32.6 Å². The van der Waals surface area contributed by atoms with Crippen molar-refractivity contribution in [1.82, 2.24) is 4.98 Å². The Balaban J connectivity index is 2.07. The number of anilines is 1. The first kappa shape index (κ1) is 14.5. The van der Waals surface area contributed by atoms with E-state index in [4.69, 9.17) is 16.7 Å². The van der Waals surface area contributed by atoms with Crippen molar-refractivity contribution in [2.45, 2.75) is 12.8 Å². The predicted octanol–water partition coefficient (Wildman–Crippen LogP) is 3.16. The van der Waals surface area contributed by atoms with E-state index in [1.165, 1.54) is 17.5 Å². The van der Waals surface area contributed by atoms with Gasteiger partial charge in [0.2, 0.25) is 0 Å². The third-order valence-corrected chi connectivity index (χ3v) is 5.75. The van der Waals surface area contributed by atoms with Crippen LogP contribution in [0.4, 0.5) is 5.82 Å². The summed E-state index contributed by atoms with van der Waals surface area (Å²) >= 11 is 3.12. The molecule has 3 rings (SSSR count). The molecule has 5 nitrogen and oxygen atoms in total. The number of hydrogen-bond acceptors (Lipinski definition) is 6. The lowest BCUT2D eigenvalue weighted by Gasteiger charge is -1.99. The monoisotopic (exact) mass is 328 g/mol. The zero-order valence-electron chi connectivity index (χ0n) is 11.5. The van der Waals surface area contributed by atoms with Crippen molar-refractivity contribution >= 4 is 44.5 Å². The van der Waals surface area contributed by atoms with Gasteiger partial charge in [0.05, 0.1) is 16.3 Å². The highest BCUT2D eigenvalue weighted by Crippen LogP contribution is 2.40. The standard InChI is InChI=1S/C15H12N4OS2/c16-5-1-2-8-3-4-11(21-8)12-6-9-13(22-12)10(15(18)20)7-19-14(9)17/h3-4,6-7H,1-2H2,(H2,17,19)(H2,18,20). The molecule has 0 spiro atoms. The molecule has 3 heterocycles. The van der Waals surface area contributed by atoms with Crippen molar-refractivity contribution in [3.8, 4) is 15.8 Å². The molecule has 3 aromatic heterocycles. The lowest BCUT2D eigenvalue weighted by Crippen LogP contribution is -2.11. The highest BCUT2D eigenvalue weighted by atomic mass is 32.1. The van der Waals surface area contributed by atoms with Crippen LogP contribution in [0.25, 0.3) is 19.8 Å². The summed E-state index contributed by atoms with van der Waals surface area (Å²) in [6.07, 6.45) is 2.68. The third-order valence-electron chi connectivity index (χ3n) is 3.24. The number of hydrogen-bond donors (Lipinski definition) is 2. The third kappa shape index (κ3) is 2.54. The zero-order chi connectivity index (χ0) is 15.7. The lowest BCUT2D eigenvalue weighted by molar-refractivity contribution is 0.100. The second-order valence-electron chi connectivity index (χ2n) is 4.70.